The van der Waals surface area contributed by atoms with Gasteiger partial charge in [0.1, 0.15) is 11.7 Å². The van der Waals surface area contributed by atoms with Gasteiger partial charge in [-0.3, -0.25) is 4.79 Å². The van der Waals surface area contributed by atoms with Crippen LogP contribution in [0, 0.1) is 17.8 Å². The van der Waals surface area contributed by atoms with Gasteiger partial charge in [0, 0.05) is 0 Å². The molecule has 1 rings (SSSR count). The maximum Gasteiger partial charge on any atom is 0.308 e. The summed E-state index contributed by atoms with van der Waals surface area (Å²) in [5, 5.41) is 0. The molecule has 2 unspecified atom stereocenters. The first-order chi connectivity index (χ1) is 12.4. The minimum Gasteiger partial charge on any atom is -0.469 e. The molecule has 0 spiro atoms. The van der Waals surface area contributed by atoms with Gasteiger partial charge in [-0.05, 0) is 43.4 Å². The molecule has 0 aromatic heterocycles. The molecule has 154 valence electrons. The minimum absolute atomic E-state index is 0.185. The van der Waals surface area contributed by atoms with Crippen molar-refractivity contribution in [3.63, 3.8) is 0 Å². The fourth-order valence-corrected chi connectivity index (χ4v) is 4.37. The van der Waals surface area contributed by atoms with E-state index in [4.69, 9.17) is 14.5 Å². The zero-order valence-corrected chi connectivity index (χ0v) is 18.0. The van der Waals surface area contributed by atoms with Crippen molar-refractivity contribution in [1.82, 2.24) is 0 Å². The van der Waals surface area contributed by atoms with Gasteiger partial charge in [-0.25, -0.2) is 9.78 Å². The van der Waals surface area contributed by atoms with Crippen LogP contribution in [0.2, 0.25) is 0 Å². The molecule has 0 saturated carbocycles. The number of hydrogen-bond donors (Lipinski definition) is 0. The van der Waals surface area contributed by atoms with Crippen molar-refractivity contribution in [3.8, 4) is 0 Å². The molecule has 0 radical (unpaired) electrons. The predicted molar refractivity (Wildman–Crippen MR) is 106 cm³/mol. The lowest BCUT2D eigenvalue weighted by Crippen LogP contribution is -2.46. The summed E-state index contributed by atoms with van der Waals surface area (Å²) in [4.78, 5) is 23.4. The third-order valence-electron chi connectivity index (χ3n) is 6.30. The Morgan fingerprint density at radius 3 is 2.54 bits per heavy atom. The molecule has 4 nitrogen and oxygen atoms in total. The second kappa shape index (κ2) is 12.0. The van der Waals surface area contributed by atoms with Crippen LogP contribution >= 0.6 is 0 Å². The maximum absolute atomic E-state index is 11.6. The van der Waals surface area contributed by atoms with E-state index in [2.05, 4.69) is 34.6 Å². The highest BCUT2D eigenvalue weighted by Crippen LogP contribution is 2.42. The Bertz CT molecular complexity index is 398. The van der Waals surface area contributed by atoms with Crippen LogP contribution in [0.1, 0.15) is 98.8 Å². The summed E-state index contributed by atoms with van der Waals surface area (Å²) >= 11 is 0. The topological polar surface area (TPSA) is 44.8 Å². The minimum atomic E-state index is -0.225. The van der Waals surface area contributed by atoms with Crippen LogP contribution in [-0.2, 0) is 19.3 Å². The molecular formula is C22H42O4. The predicted octanol–water partition coefficient (Wildman–Crippen LogP) is 6.08. The van der Waals surface area contributed by atoms with Crippen LogP contribution in [0.15, 0.2) is 0 Å². The SMILES string of the molecule is CCCCC(C)CC(CC)C[C@@]1(CC)C[C@H](CC)[C@H](CC(=O)OC)OO1. The van der Waals surface area contributed by atoms with Gasteiger partial charge in [0.05, 0.1) is 13.5 Å². The van der Waals surface area contributed by atoms with Gasteiger partial charge in [0.2, 0.25) is 0 Å². The van der Waals surface area contributed by atoms with Gasteiger partial charge in [-0.15, -0.1) is 0 Å². The van der Waals surface area contributed by atoms with E-state index in [1.54, 1.807) is 0 Å². The summed E-state index contributed by atoms with van der Waals surface area (Å²) in [6, 6.07) is 0. The van der Waals surface area contributed by atoms with Gasteiger partial charge in [0.15, 0.2) is 0 Å². The smallest absolute Gasteiger partial charge is 0.308 e. The molecular weight excluding hydrogens is 328 g/mol. The molecule has 4 heteroatoms. The van der Waals surface area contributed by atoms with E-state index in [1.165, 1.54) is 39.2 Å². The van der Waals surface area contributed by atoms with Gasteiger partial charge in [-0.1, -0.05) is 66.7 Å². The maximum atomic E-state index is 11.6. The summed E-state index contributed by atoms with van der Waals surface area (Å²) in [5.41, 5.74) is -0.210. The fourth-order valence-electron chi connectivity index (χ4n) is 4.37. The van der Waals surface area contributed by atoms with Crippen LogP contribution in [0.5, 0.6) is 0 Å². The van der Waals surface area contributed by atoms with Crippen LogP contribution in [0.4, 0.5) is 0 Å². The van der Waals surface area contributed by atoms with Crippen molar-refractivity contribution in [2.24, 2.45) is 17.8 Å². The summed E-state index contributed by atoms with van der Waals surface area (Å²) < 4.78 is 4.81. The van der Waals surface area contributed by atoms with Crippen molar-refractivity contribution in [2.45, 2.75) is 111 Å². The lowest BCUT2D eigenvalue weighted by atomic mass is 9.75. The third kappa shape index (κ3) is 7.19. The highest BCUT2D eigenvalue weighted by molar-refractivity contribution is 5.69. The lowest BCUT2D eigenvalue weighted by molar-refractivity contribution is -0.424. The third-order valence-corrected chi connectivity index (χ3v) is 6.30. The Morgan fingerprint density at radius 1 is 1.27 bits per heavy atom. The van der Waals surface area contributed by atoms with Gasteiger partial charge >= 0.3 is 5.97 Å². The number of carbonyl (C=O) groups is 1. The molecule has 1 aliphatic rings. The van der Waals surface area contributed by atoms with Crippen molar-refractivity contribution in [1.29, 1.82) is 0 Å². The van der Waals surface area contributed by atoms with Crippen LogP contribution < -0.4 is 0 Å². The number of ether oxygens (including phenoxy) is 1. The standard InChI is InChI=1S/C22H42O4/c1-7-11-12-17(5)13-18(8-2)15-22(10-4)16-19(9-3)20(25-26-22)14-21(23)24-6/h17-20H,7-16H2,1-6H3/t17?,18?,19-,20-,22-/m0/s1. The summed E-state index contributed by atoms with van der Waals surface area (Å²) in [7, 11) is 1.43. The molecule has 1 heterocycles. The van der Waals surface area contributed by atoms with E-state index in [0.717, 1.165) is 31.6 Å². The van der Waals surface area contributed by atoms with Crippen molar-refractivity contribution >= 4 is 5.97 Å². The Balaban J connectivity index is 2.70. The molecule has 0 aromatic rings. The molecule has 1 aliphatic heterocycles. The molecule has 1 fully saturated rings. The Hall–Kier alpha value is -0.610. The van der Waals surface area contributed by atoms with E-state index >= 15 is 0 Å². The van der Waals surface area contributed by atoms with E-state index in [1.807, 2.05) is 0 Å². The number of unbranched alkanes of at least 4 members (excludes halogenated alkanes) is 1. The van der Waals surface area contributed by atoms with Crippen LogP contribution in [-0.4, -0.2) is 24.8 Å². The van der Waals surface area contributed by atoms with Crippen LogP contribution in [0.25, 0.3) is 0 Å². The molecule has 0 bridgehead atoms. The Morgan fingerprint density at radius 2 is 2.00 bits per heavy atom. The number of esters is 1. The van der Waals surface area contributed by atoms with E-state index < -0.39 is 0 Å². The first kappa shape index (κ1) is 23.4. The van der Waals surface area contributed by atoms with Gasteiger partial charge in [-0.2, -0.15) is 0 Å². The fraction of sp³-hybridized carbons (Fsp3) is 0.955. The second-order valence-corrected chi connectivity index (χ2v) is 8.37. The Labute approximate surface area is 161 Å². The number of carbonyl (C=O) groups excluding carboxylic acids is 1. The van der Waals surface area contributed by atoms with Crippen LogP contribution in [0.3, 0.4) is 0 Å². The van der Waals surface area contributed by atoms with Crippen molar-refractivity contribution in [3.05, 3.63) is 0 Å². The first-order valence-electron chi connectivity index (χ1n) is 10.8. The normalized spacial score (nSPS) is 28.5. The van der Waals surface area contributed by atoms with Crippen molar-refractivity contribution in [2.75, 3.05) is 7.11 Å². The van der Waals surface area contributed by atoms with E-state index in [0.29, 0.717) is 11.8 Å². The largest absolute Gasteiger partial charge is 0.469 e. The molecule has 0 aromatic carbocycles. The molecule has 5 atom stereocenters. The summed E-state index contributed by atoms with van der Waals surface area (Å²) in [5.74, 6) is 1.56. The second-order valence-electron chi connectivity index (χ2n) is 8.37. The highest BCUT2D eigenvalue weighted by Gasteiger charge is 2.43. The van der Waals surface area contributed by atoms with Gasteiger partial charge in [0.25, 0.3) is 0 Å². The summed E-state index contributed by atoms with van der Waals surface area (Å²) in [6.07, 6.45) is 10.4. The zero-order chi connectivity index (χ0) is 19.6. The lowest BCUT2D eigenvalue weighted by Gasteiger charge is -2.44. The number of rotatable bonds is 12. The molecule has 1 saturated heterocycles. The van der Waals surface area contributed by atoms with E-state index in [-0.39, 0.29) is 24.1 Å². The van der Waals surface area contributed by atoms with Crippen molar-refractivity contribution < 1.29 is 19.3 Å². The van der Waals surface area contributed by atoms with Gasteiger partial charge < -0.3 is 4.74 Å². The van der Waals surface area contributed by atoms with E-state index in [9.17, 15) is 4.79 Å². The average molecular weight is 371 g/mol. The molecule has 0 N–H and O–H groups in total. The highest BCUT2D eigenvalue weighted by atomic mass is 17.2. The number of methoxy groups -OCH3 is 1. The monoisotopic (exact) mass is 370 g/mol. The Kier molecular flexibility index (Phi) is 10.8. The molecule has 26 heavy (non-hydrogen) atoms. The summed E-state index contributed by atoms with van der Waals surface area (Å²) in [6.45, 7) is 11.3. The number of hydrogen-bond acceptors (Lipinski definition) is 4. The average Bonchev–Trinajstić information content (AvgIpc) is 2.66. The first-order valence-corrected chi connectivity index (χ1v) is 10.8. The molecule has 0 amide bonds. The quantitative estimate of drug-likeness (QED) is 0.308. The zero-order valence-electron chi connectivity index (χ0n) is 18.0. The molecule has 0 aliphatic carbocycles.